The van der Waals surface area contributed by atoms with Crippen molar-refractivity contribution in [3.05, 3.63) is 41.7 Å². The molecular formula is C13H15N3O. The second kappa shape index (κ2) is 4.82. The molecule has 0 unspecified atom stereocenters. The van der Waals surface area contributed by atoms with Gasteiger partial charge in [0.05, 0.1) is 0 Å². The van der Waals surface area contributed by atoms with Crippen LogP contribution in [0.15, 0.2) is 30.3 Å². The maximum absolute atomic E-state index is 5.59. The van der Waals surface area contributed by atoms with Crippen LogP contribution in [0.1, 0.15) is 11.4 Å². The average Bonchev–Trinajstić information content (AvgIpc) is 2.28. The van der Waals surface area contributed by atoms with E-state index in [1.165, 1.54) is 0 Å². The Balaban J connectivity index is 2.19. The van der Waals surface area contributed by atoms with Crippen LogP contribution in [-0.2, 0) is 0 Å². The normalized spacial score (nSPS) is 10.1. The average molecular weight is 229 g/mol. The van der Waals surface area contributed by atoms with Crippen molar-refractivity contribution in [1.29, 1.82) is 0 Å². The SMILES string of the molecule is CNc1ccc(Oc2nc(C)cc(C)n2)cc1. The molecule has 1 heterocycles. The van der Waals surface area contributed by atoms with Crippen molar-refractivity contribution in [3.8, 4) is 11.8 Å². The molecule has 4 heteroatoms. The van der Waals surface area contributed by atoms with Crippen molar-refractivity contribution >= 4 is 5.69 Å². The molecule has 4 nitrogen and oxygen atoms in total. The van der Waals surface area contributed by atoms with Gasteiger partial charge in [-0.05, 0) is 44.2 Å². The van der Waals surface area contributed by atoms with Gasteiger partial charge in [0.1, 0.15) is 5.75 Å². The largest absolute Gasteiger partial charge is 0.424 e. The number of nitrogens with zero attached hydrogens (tertiary/aromatic N) is 2. The number of ether oxygens (including phenoxy) is 1. The molecule has 0 atom stereocenters. The Kier molecular flexibility index (Phi) is 3.23. The molecule has 1 aromatic carbocycles. The van der Waals surface area contributed by atoms with E-state index in [2.05, 4.69) is 15.3 Å². The van der Waals surface area contributed by atoms with Crippen LogP contribution in [0.4, 0.5) is 5.69 Å². The number of aromatic nitrogens is 2. The number of benzene rings is 1. The zero-order chi connectivity index (χ0) is 12.3. The van der Waals surface area contributed by atoms with Gasteiger partial charge in [0.15, 0.2) is 0 Å². The fourth-order valence-electron chi connectivity index (χ4n) is 1.53. The molecule has 0 saturated carbocycles. The molecule has 0 saturated heterocycles. The molecule has 0 aliphatic rings. The third kappa shape index (κ3) is 2.93. The van der Waals surface area contributed by atoms with Crippen LogP contribution in [0.25, 0.3) is 0 Å². The van der Waals surface area contributed by atoms with Crippen molar-refractivity contribution in [2.24, 2.45) is 0 Å². The van der Waals surface area contributed by atoms with Gasteiger partial charge in [-0.15, -0.1) is 0 Å². The molecule has 0 amide bonds. The lowest BCUT2D eigenvalue weighted by atomic mass is 10.3. The highest BCUT2D eigenvalue weighted by Gasteiger charge is 2.02. The summed E-state index contributed by atoms with van der Waals surface area (Å²) in [5, 5.41) is 3.05. The van der Waals surface area contributed by atoms with Gasteiger partial charge in [0.25, 0.3) is 0 Å². The van der Waals surface area contributed by atoms with Crippen LogP contribution in [0.3, 0.4) is 0 Å². The predicted molar refractivity (Wildman–Crippen MR) is 67.6 cm³/mol. The smallest absolute Gasteiger partial charge is 0.322 e. The van der Waals surface area contributed by atoms with Gasteiger partial charge < -0.3 is 10.1 Å². The van der Waals surface area contributed by atoms with E-state index in [0.29, 0.717) is 6.01 Å². The first-order valence-electron chi connectivity index (χ1n) is 5.45. The van der Waals surface area contributed by atoms with E-state index >= 15 is 0 Å². The van der Waals surface area contributed by atoms with E-state index in [4.69, 9.17) is 4.74 Å². The van der Waals surface area contributed by atoms with Crippen molar-refractivity contribution in [2.75, 3.05) is 12.4 Å². The topological polar surface area (TPSA) is 47.0 Å². The Bertz CT molecular complexity index is 488. The molecule has 88 valence electrons. The quantitative estimate of drug-likeness (QED) is 0.879. The monoisotopic (exact) mass is 229 g/mol. The summed E-state index contributed by atoms with van der Waals surface area (Å²) in [5.74, 6) is 0.731. The Labute approximate surface area is 101 Å². The molecule has 2 aromatic rings. The molecule has 0 radical (unpaired) electrons. The maximum atomic E-state index is 5.59. The molecule has 2 rings (SSSR count). The van der Waals surface area contributed by atoms with Gasteiger partial charge in [0, 0.05) is 24.1 Å². The van der Waals surface area contributed by atoms with Crippen LogP contribution in [0.5, 0.6) is 11.8 Å². The lowest BCUT2D eigenvalue weighted by Crippen LogP contribution is -1.96. The zero-order valence-electron chi connectivity index (χ0n) is 10.2. The molecule has 0 aliphatic carbocycles. The Hall–Kier alpha value is -2.10. The van der Waals surface area contributed by atoms with Crippen LogP contribution >= 0.6 is 0 Å². The number of rotatable bonds is 3. The number of anilines is 1. The van der Waals surface area contributed by atoms with Crippen LogP contribution < -0.4 is 10.1 Å². The summed E-state index contributed by atoms with van der Waals surface area (Å²) < 4.78 is 5.59. The van der Waals surface area contributed by atoms with Gasteiger partial charge in [0.2, 0.25) is 0 Å². The van der Waals surface area contributed by atoms with E-state index in [0.717, 1.165) is 22.8 Å². The Morgan fingerprint density at radius 1 is 1.00 bits per heavy atom. The second-order valence-corrected chi connectivity index (χ2v) is 3.81. The van der Waals surface area contributed by atoms with Gasteiger partial charge in [-0.1, -0.05) is 0 Å². The predicted octanol–water partition coefficient (Wildman–Crippen LogP) is 2.93. The van der Waals surface area contributed by atoms with Crippen molar-refractivity contribution in [1.82, 2.24) is 9.97 Å². The molecule has 0 spiro atoms. The van der Waals surface area contributed by atoms with Gasteiger partial charge in [-0.2, -0.15) is 0 Å². The fourth-order valence-corrected chi connectivity index (χ4v) is 1.53. The van der Waals surface area contributed by atoms with E-state index < -0.39 is 0 Å². The summed E-state index contributed by atoms with van der Waals surface area (Å²) in [6.45, 7) is 3.84. The van der Waals surface area contributed by atoms with E-state index in [1.54, 1.807) is 0 Å². The molecule has 0 aliphatic heterocycles. The lowest BCUT2D eigenvalue weighted by molar-refractivity contribution is 0.439. The minimum atomic E-state index is 0.389. The fraction of sp³-hybridized carbons (Fsp3) is 0.231. The van der Waals surface area contributed by atoms with Crippen molar-refractivity contribution in [3.63, 3.8) is 0 Å². The highest BCUT2D eigenvalue weighted by molar-refractivity contribution is 5.46. The van der Waals surface area contributed by atoms with E-state index in [1.807, 2.05) is 51.2 Å². The van der Waals surface area contributed by atoms with Gasteiger partial charge in [-0.3, -0.25) is 0 Å². The molecule has 17 heavy (non-hydrogen) atoms. The summed E-state index contributed by atoms with van der Waals surface area (Å²) >= 11 is 0. The minimum absolute atomic E-state index is 0.389. The number of hydrogen-bond acceptors (Lipinski definition) is 4. The number of hydrogen-bond donors (Lipinski definition) is 1. The zero-order valence-corrected chi connectivity index (χ0v) is 10.2. The van der Waals surface area contributed by atoms with Gasteiger partial charge >= 0.3 is 6.01 Å². The highest BCUT2D eigenvalue weighted by Crippen LogP contribution is 2.20. The first kappa shape index (κ1) is 11.4. The van der Waals surface area contributed by atoms with E-state index in [9.17, 15) is 0 Å². The minimum Gasteiger partial charge on any atom is -0.424 e. The summed E-state index contributed by atoms with van der Waals surface area (Å²) in [7, 11) is 1.88. The molecule has 1 aromatic heterocycles. The van der Waals surface area contributed by atoms with E-state index in [-0.39, 0.29) is 0 Å². The molecule has 0 bridgehead atoms. The Morgan fingerprint density at radius 2 is 1.59 bits per heavy atom. The molecular weight excluding hydrogens is 214 g/mol. The maximum Gasteiger partial charge on any atom is 0.322 e. The summed E-state index contributed by atoms with van der Waals surface area (Å²) in [6, 6.07) is 9.95. The van der Waals surface area contributed by atoms with Gasteiger partial charge in [-0.25, -0.2) is 9.97 Å². The van der Waals surface area contributed by atoms with Crippen LogP contribution in [-0.4, -0.2) is 17.0 Å². The van der Waals surface area contributed by atoms with Crippen LogP contribution in [0.2, 0.25) is 0 Å². The standard InChI is InChI=1S/C13H15N3O/c1-9-8-10(2)16-13(15-9)17-12-6-4-11(14-3)5-7-12/h4-8,14H,1-3H3. The summed E-state index contributed by atoms with van der Waals surface area (Å²) in [4.78, 5) is 8.45. The van der Waals surface area contributed by atoms with Crippen molar-refractivity contribution < 1.29 is 4.74 Å². The van der Waals surface area contributed by atoms with Crippen LogP contribution in [0, 0.1) is 13.8 Å². The number of nitrogens with one attached hydrogen (secondary N) is 1. The molecule has 1 N–H and O–H groups in total. The Morgan fingerprint density at radius 3 is 2.12 bits per heavy atom. The number of aryl methyl sites for hydroxylation is 2. The first-order chi connectivity index (χ1) is 8.17. The lowest BCUT2D eigenvalue weighted by Gasteiger charge is -2.06. The second-order valence-electron chi connectivity index (χ2n) is 3.81. The first-order valence-corrected chi connectivity index (χ1v) is 5.45. The summed E-state index contributed by atoms with van der Waals surface area (Å²) in [6.07, 6.45) is 0. The third-order valence-corrected chi connectivity index (χ3v) is 2.31. The third-order valence-electron chi connectivity index (χ3n) is 2.31. The summed E-state index contributed by atoms with van der Waals surface area (Å²) in [5.41, 5.74) is 2.84. The molecule has 0 fully saturated rings. The van der Waals surface area contributed by atoms with Crippen molar-refractivity contribution in [2.45, 2.75) is 13.8 Å². The highest BCUT2D eigenvalue weighted by atomic mass is 16.5.